The number of anilines is 1. The predicted octanol–water partition coefficient (Wildman–Crippen LogP) is 2.77. The molecule has 0 amide bonds. The monoisotopic (exact) mass is 417 g/mol. The van der Waals surface area contributed by atoms with Crippen molar-refractivity contribution in [3.05, 3.63) is 70.3 Å². The number of rotatable bonds is 6. The topological polar surface area (TPSA) is 114 Å². The van der Waals surface area contributed by atoms with Gasteiger partial charge in [0.2, 0.25) is 0 Å². The van der Waals surface area contributed by atoms with Gasteiger partial charge in [-0.2, -0.15) is 0 Å². The molecule has 0 saturated carbocycles. The second-order valence-electron chi connectivity index (χ2n) is 6.63. The third kappa shape index (κ3) is 4.34. The van der Waals surface area contributed by atoms with E-state index in [1.807, 2.05) is 6.07 Å². The lowest BCUT2D eigenvalue weighted by Crippen LogP contribution is -2.43. The van der Waals surface area contributed by atoms with E-state index in [0.29, 0.717) is 21.8 Å². The maximum Gasteiger partial charge on any atom is 0.417 e. The van der Waals surface area contributed by atoms with Gasteiger partial charge in [-0.25, -0.2) is 24.4 Å². The molecule has 5 N–H and O–H groups in total. The molecule has 0 bridgehead atoms. The summed E-state index contributed by atoms with van der Waals surface area (Å²) in [6, 6.07) is 8.22. The Bertz CT molecular complexity index is 1200. The van der Waals surface area contributed by atoms with E-state index < -0.39 is 23.4 Å². The van der Waals surface area contributed by atoms with Gasteiger partial charge in [-0.15, -0.1) is 0 Å². The average molecular weight is 417 g/mol. The smallest absolute Gasteiger partial charge is 0.408 e. The molecule has 2 aromatic heterocycles. The minimum atomic E-state index is -0.642. The lowest BCUT2D eigenvalue weighted by molar-refractivity contribution is 0.555. The summed E-state index contributed by atoms with van der Waals surface area (Å²) in [5, 5.41) is 1.94. The zero-order valence-electron chi connectivity index (χ0n) is 15.1. The maximum absolute atomic E-state index is 13.3. The van der Waals surface area contributed by atoms with Crippen molar-refractivity contribution in [2.75, 3.05) is 11.6 Å². The van der Waals surface area contributed by atoms with Crippen LogP contribution in [0, 0.1) is 11.6 Å². The first-order valence-electron chi connectivity index (χ1n) is 8.69. The number of oxazole rings is 1. The summed E-state index contributed by atoms with van der Waals surface area (Å²) in [6.45, 7) is 0.247. The number of hydrazine groups is 1. The second-order valence-corrected chi connectivity index (χ2v) is 7.64. The van der Waals surface area contributed by atoms with Crippen LogP contribution in [0.1, 0.15) is 5.56 Å². The molecule has 4 rings (SSSR count). The summed E-state index contributed by atoms with van der Waals surface area (Å²) < 4.78 is 31.7. The zero-order chi connectivity index (χ0) is 20.5. The molecule has 1 atom stereocenters. The lowest BCUT2D eigenvalue weighted by atomic mass is 10.1. The number of fused-ring (bicyclic) bond motifs is 1. The van der Waals surface area contributed by atoms with Gasteiger partial charge in [0.1, 0.15) is 11.6 Å². The highest BCUT2D eigenvalue weighted by atomic mass is 32.1. The summed E-state index contributed by atoms with van der Waals surface area (Å²) in [5.41, 5.74) is 8.45. The van der Waals surface area contributed by atoms with Crippen molar-refractivity contribution in [1.29, 1.82) is 0 Å². The Morgan fingerprint density at radius 2 is 1.97 bits per heavy atom. The van der Waals surface area contributed by atoms with Crippen LogP contribution < -0.4 is 22.3 Å². The molecule has 0 aliphatic heterocycles. The molecular weight excluding hydrogens is 400 g/mol. The van der Waals surface area contributed by atoms with Gasteiger partial charge < -0.3 is 10.2 Å². The minimum Gasteiger partial charge on any atom is -0.408 e. The number of nitrogens with two attached hydrogens (primary N) is 2. The fourth-order valence-electron chi connectivity index (χ4n) is 3.06. The van der Waals surface area contributed by atoms with E-state index in [1.165, 1.54) is 28.5 Å². The van der Waals surface area contributed by atoms with E-state index in [0.717, 1.165) is 16.5 Å². The normalized spacial score (nSPS) is 12.4. The molecule has 7 nitrogen and oxygen atoms in total. The van der Waals surface area contributed by atoms with Crippen LogP contribution in [0.4, 0.5) is 13.9 Å². The Morgan fingerprint density at radius 1 is 1.21 bits per heavy atom. The maximum atomic E-state index is 13.3. The Hall–Kier alpha value is -3.08. The molecule has 29 heavy (non-hydrogen) atoms. The number of benzene rings is 2. The molecule has 0 unspecified atom stereocenters. The third-order valence-electron chi connectivity index (χ3n) is 4.30. The fourth-order valence-corrected chi connectivity index (χ4v) is 3.90. The fraction of sp³-hybridized carbons (Fsp3) is 0.158. The van der Waals surface area contributed by atoms with Crippen molar-refractivity contribution in [3.8, 4) is 10.4 Å². The number of nitrogens with zero attached hydrogens (tertiary/aromatic N) is 2. The number of H-pyrrole nitrogens is 1. The predicted molar refractivity (Wildman–Crippen MR) is 108 cm³/mol. The van der Waals surface area contributed by atoms with Crippen LogP contribution in [-0.4, -0.2) is 22.6 Å². The van der Waals surface area contributed by atoms with Gasteiger partial charge in [-0.05, 0) is 41.8 Å². The molecule has 150 valence electrons. The van der Waals surface area contributed by atoms with Crippen LogP contribution in [0.5, 0.6) is 0 Å². The number of thiazole rings is 1. The Balaban J connectivity index is 1.45. The number of hydrogen-bond acceptors (Lipinski definition) is 7. The van der Waals surface area contributed by atoms with Crippen molar-refractivity contribution < 1.29 is 13.2 Å². The molecule has 0 radical (unpaired) electrons. The Morgan fingerprint density at radius 3 is 2.72 bits per heavy atom. The lowest BCUT2D eigenvalue weighted by Gasteiger charge is -2.20. The number of aromatic amines is 1. The van der Waals surface area contributed by atoms with Crippen LogP contribution in [0.3, 0.4) is 0 Å². The van der Waals surface area contributed by atoms with E-state index in [2.05, 4.69) is 9.97 Å². The van der Waals surface area contributed by atoms with Crippen LogP contribution in [0.2, 0.25) is 0 Å². The van der Waals surface area contributed by atoms with E-state index in [-0.39, 0.29) is 13.0 Å². The number of halogens is 2. The summed E-state index contributed by atoms with van der Waals surface area (Å²) in [4.78, 5) is 19.0. The molecule has 0 fully saturated rings. The molecule has 0 aliphatic carbocycles. The molecule has 0 aliphatic rings. The number of hydrogen-bond donors (Lipinski definition) is 3. The number of nitrogens with one attached hydrogen (secondary N) is 1. The molecule has 2 aromatic carbocycles. The van der Waals surface area contributed by atoms with Gasteiger partial charge in [0.25, 0.3) is 0 Å². The van der Waals surface area contributed by atoms with E-state index in [9.17, 15) is 13.6 Å². The van der Waals surface area contributed by atoms with Gasteiger partial charge in [0.05, 0.1) is 16.9 Å². The van der Waals surface area contributed by atoms with Gasteiger partial charge in [0, 0.05) is 18.3 Å². The SMILES string of the molecule is N[C@@H](Cc1cc(F)cc(F)c1)CN(N)c1ncc(-c2ccc3[nH]c(=O)oc3c2)s1. The van der Waals surface area contributed by atoms with E-state index >= 15 is 0 Å². The van der Waals surface area contributed by atoms with Crippen LogP contribution in [0.25, 0.3) is 21.5 Å². The highest BCUT2D eigenvalue weighted by molar-refractivity contribution is 7.18. The molecule has 2 heterocycles. The van der Waals surface area contributed by atoms with Gasteiger partial charge >= 0.3 is 5.76 Å². The van der Waals surface area contributed by atoms with Crippen LogP contribution >= 0.6 is 11.3 Å². The molecule has 10 heteroatoms. The largest absolute Gasteiger partial charge is 0.417 e. The summed E-state index contributed by atoms with van der Waals surface area (Å²) in [6.07, 6.45) is 1.93. The standard InChI is InChI=1S/C19H17F2N5O2S/c20-12-3-10(4-13(21)7-12)5-14(22)9-26(23)18-24-8-17(29-18)11-1-2-15-16(6-11)28-19(27)25-15/h1-4,6-8,14H,5,9,22-23H2,(H,25,27)/t14-/m0/s1. The Labute approximate surface area is 167 Å². The first-order valence-corrected chi connectivity index (χ1v) is 9.51. The quantitative estimate of drug-likeness (QED) is 0.328. The molecule has 0 spiro atoms. The van der Waals surface area contributed by atoms with Crippen LogP contribution in [-0.2, 0) is 6.42 Å². The Kier molecular flexibility index (Phi) is 5.14. The highest BCUT2D eigenvalue weighted by Gasteiger charge is 2.15. The second kappa shape index (κ2) is 7.74. The van der Waals surface area contributed by atoms with Gasteiger partial charge in [-0.1, -0.05) is 17.4 Å². The molecule has 0 saturated heterocycles. The van der Waals surface area contributed by atoms with E-state index in [1.54, 1.807) is 18.3 Å². The summed E-state index contributed by atoms with van der Waals surface area (Å²) >= 11 is 1.35. The van der Waals surface area contributed by atoms with Gasteiger partial charge in [-0.3, -0.25) is 9.99 Å². The first-order chi connectivity index (χ1) is 13.9. The van der Waals surface area contributed by atoms with Crippen molar-refractivity contribution in [3.63, 3.8) is 0 Å². The minimum absolute atomic E-state index is 0.247. The average Bonchev–Trinajstić information content (AvgIpc) is 3.25. The molecule has 4 aromatic rings. The molecular formula is C19H17F2N5O2S. The first kappa shape index (κ1) is 19.2. The van der Waals surface area contributed by atoms with Crippen molar-refractivity contribution in [2.45, 2.75) is 12.5 Å². The highest BCUT2D eigenvalue weighted by Crippen LogP contribution is 2.31. The zero-order valence-corrected chi connectivity index (χ0v) is 15.9. The number of aromatic nitrogens is 2. The van der Waals surface area contributed by atoms with Crippen LogP contribution in [0.15, 0.2) is 51.8 Å². The summed E-state index contributed by atoms with van der Waals surface area (Å²) in [5.74, 6) is 4.29. The van der Waals surface area contributed by atoms with Crippen molar-refractivity contribution in [2.24, 2.45) is 11.6 Å². The van der Waals surface area contributed by atoms with E-state index in [4.69, 9.17) is 16.0 Å². The van der Waals surface area contributed by atoms with Crippen molar-refractivity contribution >= 4 is 27.6 Å². The third-order valence-corrected chi connectivity index (χ3v) is 5.38. The van der Waals surface area contributed by atoms with Crippen molar-refractivity contribution in [1.82, 2.24) is 9.97 Å². The summed E-state index contributed by atoms with van der Waals surface area (Å²) in [7, 11) is 0. The van der Waals surface area contributed by atoms with Gasteiger partial charge in [0.15, 0.2) is 10.7 Å².